The molecule has 31 heavy (non-hydrogen) atoms. The predicted octanol–water partition coefficient (Wildman–Crippen LogP) is 2.55. The summed E-state index contributed by atoms with van der Waals surface area (Å²) in [5.41, 5.74) is 0.0121. The van der Waals surface area contributed by atoms with Gasteiger partial charge in [-0.1, -0.05) is 0 Å². The van der Waals surface area contributed by atoms with Gasteiger partial charge < -0.3 is 23.9 Å². The Kier molecular flexibility index (Phi) is 6.78. The number of nitrogens with zero attached hydrogens (tertiary/aromatic N) is 3. The molecule has 168 valence electrons. The van der Waals surface area contributed by atoms with Crippen LogP contribution in [0.4, 0.5) is 13.2 Å². The number of hydrogen-bond acceptors (Lipinski definition) is 7. The van der Waals surface area contributed by atoms with Gasteiger partial charge in [0.1, 0.15) is 18.1 Å². The summed E-state index contributed by atoms with van der Waals surface area (Å²) in [5, 5.41) is 7.12. The number of amides is 1. The number of likely N-dealkylation sites (tertiary alicyclic amines) is 1. The first-order valence-corrected chi connectivity index (χ1v) is 9.37. The number of carbonyl (C=O) groups excluding carboxylic acids is 1. The van der Waals surface area contributed by atoms with E-state index in [0.717, 1.165) is 25.0 Å². The van der Waals surface area contributed by atoms with Gasteiger partial charge in [-0.05, 0) is 25.0 Å². The molecule has 2 aliphatic heterocycles. The van der Waals surface area contributed by atoms with Gasteiger partial charge >= 0.3 is 12.1 Å². The number of carboxylic acids is 1. The van der Waals surface area contributed by atoms with E-state index in [-0.39, 0.29) is 17.6 Å². The molecule has 9 nitrogen and oxygen atoms in total. The average Bonchev–Trinajstić information content (AvgIpc) is 3.39. The van der Waals surface area contributed by atoms with Crippen LogP contribution in [0.25, 0.3) is 0 Å². The molecular weight excluding hydrogens is 423 g/mol. The minimum atomic E-state index is -5.08. The lowest BCUT2D eigenvalue weighted by Crippen LogP contribution is -2.50. The Morgan fingerprint density at radius 3 is 2.74 bits per heavy atom. The molecule has 1 amide bonds. The molecule has 0 bridgehead atoms. The number of oxazole rings is 1. The Labute approximate surface area is 174 Å². The lowest BCUT2D eigenvalue weighted by atomic mass is 9.89. The first-order valence-electron chi connectivity index (χ1n) is 9.37. The Hall–Kier alpha value is -3.15. The van der Waals surface area contributed by atoms with Crippen LogP contribution in [0.15, 0.2) is 41.6 Å². The van der Waals surface area contributed by atoms with Crippen molar-refractivity contribution in [2.24, 2.45) is 0 Å². The van der Waals surface area contributed by atoms with Crippen molar-refractivity contribution in [1.82, 2.24) is 14.9 Å². The van der Waals surface area contributed by atoms with E-state index in [0.29, 0.717) is 25.4 Å². The van der Waals surface area contributed by atoms with Crippen LogP contribution in [0.2, 0.25) is 0 Å². The maximum Gasteiger partial charge on any atom is 0.490 e. The van der Waals surface area contributed by atoms with Crippen molar-refractivity contribution >= 4 is 11.9 Å². The second-order valence-electron chi connectivity index (χ2n) is 7.13. The van der Waals surface area contributed by atoms with Crippen LogP contribution in [0.3, 0.4) is 0 Å². The van der Waals surface area contributed by atoms with E-state index >= 15 is 0 Å². The molecule has 2 aromatic rings. The summed E-state index contributed by atoms with van der Waals surface area (Å²) < 4.78 is 48.7. The first-order chi connectivity index (χ1) is 14.7. The standard InChI is InChI=1S/C17H19N3O4.C2HF3O2/c21-16(15-10-22-12-19-15)20-6-2-4-17(11-20)7-14(9-23-17)24-13-3-1-5-18-8-13;3-2(4,5)1(6)7/h1,3,5,8,10,12,14H,2,4,6-7,9,11H2;(H,6,7)/t14-,17+;/m1./s1. The van der Waals surface area contributed by atoms with E-state index in [4.69, 9.17) is 23.8 Å². The number of aliphatic carboxylic acids is 1. The third kappa shape index (κ3) is 5.94. The van der Waals surface area contributed by atoms with Crippen molar-refractivity contribution in [3.63, 3.8) is 0 Å². The number of rotatable bonds is 3. The number of pyridine rings is 1. The Balaban J connectivity index is 0.000000339. The molecule has 2 atom stereocenters. The van der Waals surface area contributed by atoms with Crippen LogP contribution in [0, 0.1) is 0 Å². The Morgan fingerprint density at radius 2 is 2.13 bits per heavy atom. The van der Waals surface area contributed by atoms with Crippen LogP contribution >= 0.6 is 0 Å². The smallest absolute Gasteiger partial charge is 0.486 e. The average molecular weight is 443 g/mol. The number of halogens is 3. The van der Waals surface area contributed by atoms with E-state index < -0.39 is 12.1 Å². The van der Waals surface area contributed by atoms with Crippen molar-refractivity contribution in [2.75, 3.05) is 19.7 Å². The number of alkyl halides is 3. The number of hydrogen-bond donors (Lipinski definition) is 1. The van der Waals surface area contributed by atoms with Crippen LogP contribution in [0.5, 0.6) is 5.75 Å². The summed E-state index contributed by atoms with van der Waals surface area (Å²) in [6.07, 6.45) is 3.58. The fourth-order valence-corrected chi connectivity index (χ4v) is 3.52. The molecule has 0 aromatic carbocycles. The van der Waals surface area contributed by atoms with Crippen LogP contribution < -0.4 is 4.74 Å². The minimum Gasteiger partial charge on any atom is -0.486 e. The van der Waals surface area contributed by atoms with Crippen LogP contribution in [-0.4, -0.2) is 69.4 Å². The topological polar surface area (TPSA) is 115 Å². The minimum absolute atomic E-state index is 0.0173. The molecule has 4 rings (SSSR count). The number of carboxylic acid groups (broad SMARTS) is 1. The Bertz CT molecular complexity index is 878. The third-order valence-corrected chi connectivity index (χ3v) is 4.83. The zero-order valence-corrected chi connectivity index (χ0v) is 16.2. The van der Waals surface area contributed by atoms with Gasteiger partial charge in [-0.15, -0.1) is 0 Å². The fraction of sp³-hybridized carbons (Fsp3) is 0.474. The van der Waals surface area contributed by atoms with Crippen molar-refractivity contribution < 1.29 is 41.8 Å². The molecule has 12 heteroatoms. The van der Waals surface area contributed by atoms with E-state index in [1.807, 2.05) is 12.1 Å². The molecule has 0 unspecified atom stereocenters. The van der Waals surface area contributed by atoms with Gasteiger partial charge in [-0.3, -0.25) is 9.78 Å². The predicted molar refractivity (Wildman–Crippen MR) is 97.3 cm³/mol. The summed E-state index contributed by atoms with van der Waals surface area (Å²) in [5.74, 6) is -2.12. The normalized spacial score (nSPS) is 23.2. The molecular formula is C19H20F3N3O6. The maximum absolute atomic E-state index is 12.5. The fourth-order valence-electron chi connectivity index (χ4n) is 3.52. The molecule has 1 spiro atoms. The molecule has 1 N–H and O–H groups in total. The lowest BCUT2D eigenvalue weighted by molar-refractivity contribution is -0.192. The second-order valence-corrected chi connectivity index (χ2v) is 7.13. The SMILES string of the molecule is O=C(O)C(F)(F)F.O=C(c1cocn1)N1CCC[C@]2(C[C@@H](Oc3cccnc3)CO2)C1. The summed E-state index contributed by atoms with van der Waals surface area (Å²) >= 11 is 0. The molecule has 2 saturated heterocycles. The first kappa shape index (κ1) is 22.5. The number of aromatic nitrogens is 2. The highest BCUT2D eigenvalue weighted by Crippen LogP contribution is 2.36. The number of piperidine rings is 1. The summed E-state index contributed by atoms with van der Waals surface area (Å²) in [6, 6.07) is 3.74. The molecule has 0 aliphatic carbocycles. The van der Waals surface area contributed by atoms with E-state index in [1.54, 1.807) is 17.3 Å². The number of ether oxygens (including phenoxy) is 2. The van der Waals surface area contributed by atoms with Gasteiger partial charge in [0.2, 0.25) is 0 Å². The van der Waals surface area contributed by atoms with Gasteiger partial charge in [0.25, 0.3) is 5.91 Å². The highest BCUT2D eigenvalue weighted by Gasteiger charge is 2.45. The zero-order valence-electron chi connectivity index (χ0n) is 16.2. The molecule has 2 aromatic heterocycles. The van der Waals surface area contributed by atoms with Crippen molar-refractivity contribution in [1.29, 1.82) is 0 Å². The van der Waals surface area contributed by atoms with E-state index in [2.05, 4.69) is 9.97 Å². The Morgan fingerprint density at radius 1 is 1.35 bits per heavy atom. The highest BCUT2D eigenvalue weighted by atomic mass is 19.4. The van der Waals surface area contributed by atoms with E-state index in [9.17, 15) is 18.0 Å². The van der Waals surface area contributed by atoms with Crippen LogP contribution in [-0.2, 0) is 9.53 Å². The monoisotopic (exact) mass is 443 g/mol. The summed E-state index contributed by atoms with van der Waals surface area (Å²) in [6.45, 7) is 1.80. The lowest BCUT2D eigenvalue weighted by Gasteiger charge is -2.39. The van der Waals surface area contributed by atoms with Crippen molar-refractivity contribution in [3.8, 4) is 5.75 Å². The molecule has 4 heterocycles. The van der Waals surface area contributed by atoms with Gasteiger partial charge in [0.05, 0.1) is 24.9 Å². The zero-order chi connectivity index (χ0) is 22.5. The molecule has 0 radical (unpaired) electrons. The van der Waals surface area contributed by atoms with Crippen LogP contribution in [0.1, 0.15) is 29.8 Å². The second kappa shape index (κ2) is 9.33. The van der Waals surface area contributed by atoms with Crippen molar-refractivity contribution in [2.45, 2.75) is 37.1 Å². The largest absolute Gasteiger partial charge is 0.490 e. The maximum atomic E-state index is 12.5. The van der Waals surface area contributed by atoms with E-state index in [1.165, 1.54) is 12.7 Å². The number of carbonyl (C=O) groups is 2. The van der Waals surface area contributed by atoms with Gasteiger partial charge in [0.15, 0.2) is 12.1 Å². The van der Waals surface area contributed by atoms with Crippen molar-refractivity contribution in [3.05, 3.63) is 42.9 Å². The van der Waals surface area contributed by atoms with Gasteiger partial charge in [-0.25, -0.2) is 9.78 Å². The third-order valence-electron chi connectivity index (χ3n) is 4.83. The summed E-state index contributed by atoms with van der Waals surface area (Å²) in [4.78, 5) is 31.2. The molecule has 2 aliphatic rings. The highest BCUT2D eigenvalue weighted by molar-refractivity contribution is 5.92. The molecule has 2 fully saturated rings. The molecule has 0 saturated carbocycles. The van der Waals surface area contributed by atoms with Gasteiger partial charge in [0, 0.05) is 19.2 Å². The summed E-state index contributed by atoms with van der Waals surface area (Å²) in [7, 11) is 0. The van der Waals surface area contributed by atoms with Gasteiger partial charge in [-0.2, -0.15) is 13.2 Å². The quantitative estimate of drug-likeness (QED) is 0.770.